The van der Waals surface area contributed by atoms with Crippen molar-refractivity contribution in [1.82, 2.24) is 0 Å². The van der Waals surface area contributed by atoms with Gasteiger partial charge in [0.1, 0.15) is 18.3 Å². The zero-order valence-electron chi connectivity index (χ0n) is 11.0. The van der Waals surface area contributed by atoms with E-state index in [1.165, 1.54) is 6.92 Å². The summed E-state index contributed by atoms with van der Waals surface area (Å²) in [6.07, 6.45) is -3.85. The van der Waals surface area contributed by atoms with Crippen molar-refractivity contribution in [2.24, 2.45) is 0 Å². The molecule has 1 aromatic carbocycles. The lowest BCUT2D eigenvalue weighted by atomic mass is 10.1. The molecule has 1 aromatic rings. The average Bonchev–Trinajstić information content (AvgIpc) is 2.68. The number of aliphatic hydroxyl groups is 3. The van der Waals surface area contributed by atoms with Gasteiger partial charge in [-0.05, 0) is 24.3 Å². The number of aliphatic hydroxyl groups excluding tert-OH is 3. The molecule has 4 atom stereocenters. The van der Waals surface area contributed by atoms with Gasteiger partial charge in [-0.2, -0.15) is 0 Å². The van der Waals surface area contributed by atoms with Crippen LogP contribution in [0.1, 0.15) is 6.92 Å². The second-order valence-corrected chi connectivity index (χ2v) is 4.66. The Morgan fingerprint density at radius 2 is 1.80 bits per heavy atom. The molecule has 20 heavy (non-hydrogen) atoms. The second kappa shape index (κ2) is 6.19. The largest absolute Gasteiger partial charge is 0.394 e. The fourth-order valence-electron chi connectivity index (χ4n) is 2.04. The summed E-state index contributed by atoms with van der Waals surface area (Å²) in [6.45, 7) is 1.06. The molecule has 0 saturated carbocycles. The van der Waals surface area contributed by atoms with Crippen LogP contribution in [0.2, 0.25) is 0 Å². The van der Waals surface area contributed by atoms with E-state index in [-0.39, 0.29) is 12.5 Å². The number of carbonyl (C=O) groups is 1. The molecule has 1 saturated heterocycles. The third kappa shape index (κ3) is 3.26. The molecular weight excluding hydrogens is 264 g/mol. The number of anilines is 2. The van der Waals surface area contributed by atoms with Crippen LogP contribution in [0, 0.1) is 0 Å². The smallest absolute Gasteiger partial charge is 0.221 e. The highest BCUT2D eigenvalue weighted by Crippen LogP contribution is 2.23. The van der Waals surface area contributed by atoms with Crippen molar-refractivity contribution in [2.75, 3.05) is 17.2 Å². The van der Waals surface area contributed by atoms with Crippen LogP contribution in [0.5, 0.6) is 0 Å². The van der Waals surface area contributed by atoms with Gasteiger partial charge in [-0.15, -0.1) is 0 Å². The highest BCUT2D eigenvalue weighted by atomic mass is 16.6. The van der Waals surface area contributed by atoms with Gasteiger partial charge in [0.2, 0.25) is 5.91 Å². The zero-order valence-corrected chi connectivity index (χ0v) is 11.0. The van der Waals surface area contributed by atoms with Crippen molar-refractivity contribution in [3.8, 4) is 0 Å². The summed E-state index contributed by atoms with van der Waals surface area (Å²) in [5, 5.41) is 34.0. The van der Waals surface area contributed by atoms with E-state index in [0.717, 1.165) is 0 Å². The van der Waals surface area contributed by atoms with Crippen molar-refractivity contribution in [2.45, 2.75) is 31.5 Å². The predicted molar refractivity (Wildman–Crippen MR) is 72.1 cm³/mol. The molecule has 1 heterocycles. The molecule has 1 aliphatic heterocycles. The summed E-state index contributed by atoms with van der Waals surface area (Å²) in [5.41, 5.74) is 1.32. The van der Waals surface area contributed by atoms with Crippen molar-refractivity contribution in [3.05, 3.63) is 24.3 Å². The quantitative estimate of drug-likeness (QED) is 0.509. The van der Waals surface area contributed by atoms with Gasteiger partial charge in [0, 0.05) is 18.3 Å². The molecule has 2 rings (SSSR count). The van der Waals surface area contributed by atoms with E-state index in [1.54, 1.807) is 24.3 Å². The van der Waals surface area contributed by atoms with Gasteiger partial charge in [-0.25, -0.2) is 0 Å². The van der Waals surface area contributed by atoms with Gasteiger partial charge in [-0.1, -0.05) is 0 Å². The molecule has 110 valence electrons. The maximum atomic E-state index is 10.9. The minimum Gasteiger partial charge on any atom is -0.394 e. The first-order valence-electron chi connectivity index (χ1n) is 6.28. The lowest BCUT2D eigenvalue weighted by Gasteiger charge is -2.17. The maximum absolute atomic E-state index is 10.9. The Morgan fingerprint density at radius 1 is 1.20 bits per heavy atom. The Kier molecular flexibility index (Phi) is 4.56. The van der Waals surface area contributed by atoms with Crippen LogP contribution in [0.3, 0.4) is 0 Å². The summed E-state index contributed by atoms with van der Waals surface area (Å²) < 4.78 is 5.30. The molecule has 7 nitrogen and oxygen atoms in total. The number of amides is 1. The van der Waals surface area contributed by atoms with Gasteiger partial charge in [0.25, 0.3) is 0 Å². The number of hydrogen-bond donors (Lipinski definition) is 5. The van der Waals surface area contributed by atoms with Gasteiger partial charge in [-0.3, -0.25) is 4.79 Å². The number of carbonyl (C=O) groups excluding carboxylic acids is 1. The van der Waals surface area contributed by atoms with Gasteiger partial charge < -0.3 is 30.7 Å². The van der Waals surface area contributed by atoms with Gasteiger partial charge in [0.05, 0.1) is 6.61 Å². The first-order valence-corrected chi connectivity index (χ1v) is 6.28. The number of rotatable bonds is 4. The summed E-state index contributed by atoms with van der Waals surface area (Å²) in [5.74, 6) is -0.158. The van der Waals surface area contributed by atoms with Crippen molar-refractivity contribution >= 4 is 17.3 Å². The van der Waals surface area contributed by atoms with Crippen LogP contribution in [-0.4, -0.2) is 52.4 Å². The van der Waals surface area contributed by atoms with E-state index >= 15 is 0 Å². The minimum absolute atomic E-state index is 0.158. The number of nitrogens with one attached hydrogen (secondary N) is 2. The second-order valence-electron chi connectivity index (χ2n) is 4.66. The summed E-state index contributed by atoms with van der Waals surface area (Å²) in [6, 6.07) is 6.82. The van der Waals surface area contributed by atoms with Crippen molar-refractivity contribution in [3.63, 3.8) is 0 Å². The molecule has 7 heteroatoms. The monoisotopic (exact) mass is 282 g/mol. The molecule has 1 aliphatic rings. The van der Waals surface area contributed by atoms with Gasteiger partial charge >= 0.3 is 0 Å². The maximum Gasteiger partial charge on any atom is 0.221 e. The average molecular weight is 282 g/mol. The standard InChI is InChI=1S/C13H18N2O5/c1-7(17)14-8-2-4-9(5-3-8)15-13-12(19)11(18)10(6-16)20-13/h2-5,10-13,15-16,18-19H,6H2,1H3,(H,14,17)/t10-,11-,12+,13-/m1/s1. The minimum atomic E-state index is -1.13. The third-order valence-electron chi connectivity index (χ3n) is 3.06. The molecule has 1 fully saturated rings. The van der Waals surface area contributed by atoms with E-state index in [2.05, 4.69) is 10.6 Å². The Balaban J connectivity index is 1.98. The van der Waals surface area contributed by atoms with Gasteiger partial charge in [0.15, 0.2) is 6.23 Å². The first-order chi connectivity index (χ1) is 9.51. The van der Waals surface area contributed by atoms with Crippen LogP contribution >= 0.6 is 0 Å². The Hall–Kier alpha value is -1.67. The fourth-order valence-corrected chi connectivity index (χ4v) is 2.04. The molecule has 0 aromatic heterocycles. The van der Waals surface area contributed by atoms with Crippen molar-refractivity contribution < 1.29 is 24.9 Å². The number of ether oxygens (including phenoxy) is 1. The van der Waals surface area contributed by atoms with E-state index in [4.69, 9.17) is 9.84 Å². The molecule has 0 bridgehead atoms. The zero-order chi connectivity index (χ0) is 14.7. The van der Waals surface area contributed by atoms with E-state index < -0.39 is 24.5 Å². The SMILES string of the molecule is CC(=O)Nc1ccc(N[C@@H]2O[C@H](CO)[C@@H](O)[C@@H]2O)cc1. The first kappa shape index (κ1) is 14.7. The third-order valence-corrected chi connectivity index (χ3v) is 3.06. The molecule has 0 aliphatic carbocycles. The van der Waals surface area contributed by atoms with Crippen LogP contribution in [0.25, 0.3) is 0 Å². The molecule has 0 unspecified atom stereocenters. The van der Waals surface area contributed by atoms with Crippen LogP contribution < -0.4 is 10.6 Å². The topological polar surface area (TPSA) is 111 Å². The highest BCUT2D eigenvalue weighted by molar-refractivity contribution is 5.88. The molecular formula is C13H18N2O5. The Bertz CT molecular complexity index is 464. The Labute approximate surface area is 116 Å². The van der Waals surface area contributed by atoms with E-state index in [1.807, 2.05) is 0 Å². The number of hydrogen-bond acceptors (Lipinski definition) is 6. The molecule has 5 N–H and O–H groups in total. The predicted octanol–water partition coefficient (Wildman–Crippen LogP) is -0.504. The van der Waals surface area contributed by atoms with Crippen LogP contribution in [-0.2, 0) is 9.53 Å². The van der Waals surface area contributed by atoms with Crippen molar-refractivity contribution in [1.29, 1.82) is 0 Å². The Morgan fingerprint density at radius 3 is 2.30 bits per heavy atom. The summed E-state index contributed by atoms with van der Waals surface area (Å²) >= 11 is 0. The lowest BCUT2D eigenvalue weighted by molar-refractivity contribution is -0.114. The van der Waals surface area contributed by atoms with Crippen LogP contribution in [0.15, 0.2) is 24.3 Å². The van der Waals surface area contributed by atoms with E-state index in [0.29, 0.717) is 11.4 Å². The number of benzene rings is 1. The summed E-state index contributed by atoms with van der Waals surface area (Å²) in [4.78, 5) is 10.9. The summed E-state index contributed by atoms with van der Waals surface area (Å²) in [7, 11) is 0. The van der Waals surface area contributed by atoms with Crippen LogP contribution in [0.4, 0.5) is 11.4 Å². The lowest BCUT2D eigenvalue weighted by Crippen LogP contribution is -2.36. The fraction of sp³-hybridized carbons (Fsp3) is 0.462. The molecule has 0 spiro atoms. The van der Waals surface area contributed by atoms with E-state index in [9.17, 15) is 15.0 Å². The normalized spacial score (nSPS) is 29.2. The molecule has 1 amide bonds. The highest BCUT2D eigenvalue weighted by Gasteiger charge is 2.42. The molecule has 0 radical (unpaired) electrons.